The number of aromatic nitrogens is 1. The van der Waals surface area contributed by atoms with Gasteiger partial charge in [-0.25, -0.2) is 0 Å². The van der Waals surface area contributed by atoms with Gasteiger partial charge >= 0.3 is 5.97 Å². The second-order valence-electron chi connectivity index (χ2n) is 7.92. The molecule has 1 fully saturated rings. The Bertz CT molecular complexity index is 797. The summed E-state index contributed by atoms with van der Waals surface area (Å²) in [6, 6.07) is 9.77. The van der Waals surface area contributed by atoms with Crippen LogP contribution in [0.25, 0.3) is 10.9 Å². The van der Waals surface area contributed by atoms with Crippen molar-refractivity contribution in [1.82, 2.24) is 9.88 Å². The highest BCUT2D eigenvalue weighted by Gasteiger charge is 2.32. The molecule has 5 heteroatoms. The third kappa shape index (κ3) is 4.03. The first-order chi connectivity index (χ1) is 12.4. The number of benzene rings is 1. The van der Waals surface area contributed by atoms with Crippen molar-refractivity contribution >= 4 is 22.8 Å². The topological polar surface area (TPSA) is 59.5 Å². The lowest BCUT2D eigenvalue weighted by Gasteiger charge is -2.34. The van der Waals surface area contributed by atoms with Crippen LogP contribution in [-0.2, 0) is 20.9 Å². The Morgan fingerprint density at radius 1 is 1.15 bits per heavy atom. The second kappa shape index (κ2) is 7.44. The van der Waals surface area contributed by atoms with Crippen LogP contribution in [0, 0.1) is 11.3 Å². The first kappa shape index (κ1) is 18.4. The van der Waals surface area contributed by atoms with Crippen molar-refractivity contribution < 1.29 is 14.3 Å². The molecule has 1 amide bonds. The molecule has 1 aromatic carbocycles. The van der Waals surface area contributed by atoms with E-state index >= 15 is 0 Å². The number of rotatable bonds is 3. The molecule has 1 aliphatic heterocycles. The van der Waals surface area contributed by atoms with E-state index in [1.807, 2.05) is 56.0 Å². The van der Waals surface area contributed by atoms with E-state index < -0.39 is 0 Å². The zero-order chi connectivity index (χ0) is 18.7. The SMILES string of the molecule is CC(C)(C)C(=O)N1CCC(C(=O)OCc2cccc3cccnc23)CC1. The Balaban J connectivity index is 1.56. The number of ether oxygens (including phenoxy) is 1. The van der Waals surface area contributed by atoms with Crippen molar-refractivity contribution in [3.8, 4) is 0 Å². The number of carbonyl (C=O) groups is 2. The number of hydrogen-bond donors (Lipinski definition) is 0. The van der Waals surface area contributed by atoms with Crippen molar-refractivity contribution in [3.63, 3.8) is 0 Å². The average molecular weight is 354 g/mol. The lowest BCUT2D eigenvalue weighted by molar-refractivity contribution is -0.154. The second-order valence-corrected chi connectivity index (χ2v) is 7.92. The van der Waals surface area contributed by atoms with Crippen molar-refractivity contribution in [2.45, 2.75) is 40.2 Å². The fraction of sp³-hybridized carbons (Fsp3) is 0.476. The van der Waals surface area contributed by atoms with Crippen LogP contribution >= 0.6 is 0 Å². The first-order valence-electron chi connectivity index (χ1n) is 9.15. The molecule has 1 aromatic heterocycles. The number of pyridine rings is 1. The molecule has 0 unspecified atom stereocenters. The van der Waals surface area contributed by atoms with Crippen LogP contribution in [0.3, 0.4) is 0 Å². The van der Waals surface area contributed by atoms with Crippen molar-refractivity contribution in [3.05, 3.63) is 42.1 Å². The van der Waals surface area contributed by atoms with Gasteiger partial charge in [-0.15, -0.1) is 0 Å². The van der Waals surface area contributed by atoms with Crippen LogP contribution in [0.15, 0.2) is 36.5 Å². The third-order valence-electron chi connectivity index (χ3n) is 4.84. The van der Waals surface area contributed by atoms with Crippen LogP contribution in [-0.4, -0.2) is 34.8 Å². The number of carbonyl (C=O) groups excluding carboxylic acids is 2. The quantitative estimate of drug-likeness (QED) is 0.791. The number of amides is 1. The Labute approximate surface area is 154 Å². The number of piperidine rings is 1. The van der Waals surface area contributed by atoms with Crippen molar-refractivity contribution in [2.24, 2.45) is 11.3 Å². The summed E-state index contributed by atoms with van der Waals surface area (Å²) in [4.78, 5) is 31.0. The van der Waals surface area contributed by atoms with Gasteiger partial charge < -0.3 is 9.64 Å². The molecule has 2 heterocycles. The minimum Gasteiger partial charge on any atom is -0.461 e. The molecule has 1 aliphatic rings. The molecule has 0 saturated carbocycles. The lowest BCUT2D eigenvalue weighted by atomic mass is 9.91. The molecule has 2 aromatic rings. The van der Waals surface area contributed by atoms with Crippen molar-refractivity contribution in [2.75, 3.05) is 13.1 Å². The molecule has 5 nitrogen and oxygen atoms in total. The summed E-state index contributed by atoms with van der Waals surface area (Å²) < 4.78 is 5.56. The lowest BCUT2D eigenvalue weighted by Crippen LogP contribution is -2.45. The zero-order valence-corrected chi connectivity index (χ0v) is 15.7. The summed E-state index contributed by atoms with van der Waals surface area (Å²) >= 11 is 0. The molecule has 0 radical (unpaired) electrons. The Hall–Kier alpha value is -2.43. The molecule has 0 spiro atoms. The van der Waals surface area contributed by atoms with Crippen LogP contribution in [0.4, 0.5) is 0 Å². The molecule has 0 aliphatic carbocycles. The van der Waals surface area contributed by atoms with Gasteiger partial charge in [0.1, 0.15) is 6.61 Å². The Morgan fingerprint density at radius 2 is 1.85 bits per heavy atom. The molecule has 0 N–H and O–H groups in total. The summed E-state index contributed by atoms with van der Waals surface area (Å²) in [5.74, 6) is -0.172. The van der Waals surface area contributed by atoms with Crippen LogP contribution in [0.1, 0.15) is 39.2 Å². The summed E-state index contributed by atoms with van der Waals surface area (Å²) in [6.45, 7) is 7.24. The minimum absolute atomic E-state index is 0.137. The number of para-hydroxylation sites is 1. The van der Waals surface area contributed by atoms with Gasteiger partial charge in [0.15, 0.2) is 0 Å². The highest BCUT2D eigenvalue weighted by molar-refractivity contribution is 5.83. The van der Waals surface area contributed by atoms with E-state index in [4.69, 9.17) is 4.74 Å². The van der Waals surface area contributed by atoms with Gasteiger partial charge in [-0.3, -0.25) is 14.6 Å². The molecule has 26 heavy (non-hydrogen) atoms. The molecular formula is C21H26N2O3. The highest BCUT2D eigenvalue weighted by Crippen LogP contribution is 2.25. The van der Waals surface area contributed by atoms with Crippen molar-refractivity contribution in [1.29, 1.82) is 0 Å². The van der Waals surface area contributed by atoms with Gasteiger partial charge in [0, 0.05) is 35.7 Å². The van der Waals surface area contributed by atoms with E-state index in [-0.39, 0.29) is 29.8 Å². The van der Waals surface area contributed by atoms with E-state index in [1.54, 1.807) is 6.20 Å². The number of nitrogens with zero attached hydrogens (tertiary/aromatic N) is 2. The molecule has 138 valence electrons. The fourth-order valence-electron chi connectivity index (χ4n) is 3.34. The maximum atomic E-state index is 12.4. The van der Waals surface area contributed by atoms with E-state index in [9.17, 15) is 9.59 Å². The molecule has 3 rings (SSSR count). The molecule has 0 atom stereocenters. The number of esters is 1. The van der Waals surface area contributed by atoms with Gasteiger partial charge in [-0.1, -0.05) is 45.0 Å². The van der Waals surface area contributed by atoms with Crippen LogP contribution in [0.2, 0.25) is 0 Å². The molecular weight excluding hydrogens is 328 g/mol. The maximum Gasteiger partial charge on any atom is 0.309 e. The van der Waals surface area contributed by atoms with Gasteiger partial charge in [0.05, 0.1) is 11.4 Å². The average Bonchev–Trinajstić information content (AvgIpc) is 2.65. The van der Waals surface area contributed by atoms with E-state index in [0.29, 0.717) is 25.9 Å². The number of likely N-dealkylation sites (tertiary alicyclic amines) is 1. The van der Waals surface area contributed by atoms with E-state index in [1.165, 1.54) is 0 Å². The normalized spacial score (nSPS) is 15.9. The van der Waals surface area contributed by atoms with Gasteiger partial charge in [0.25, 0.3) is 0 Å². The predicted octanol–water partition coefficient (Wildman–Crippen LogP) is 3.56. The van der Waals surface area contributed by atoms with Gasteiger partial charge in [-0.2, -0.15) is 0 Å². The van der Waals surface area contributed by atoms with Crippen LogP contribution in [0.5, 0.6) is 0 Å². The molecule has 0 bridgehead atoms. The summed E-state index contributed by atoms with van der Waals surface area (Å²) in [5.41, 5.74) is 1.40. The highest BCUT2D eigenvalue weighted by atomic mass is 16.5. The van der Waals surface area contributed by atoms with Crippen LogP contribution < -0.4 is 0 Å². The summed E-state index contributed by atoms with van der Waals surface area (Å²) in [7, 11) is 0. The fourth-order valence-corrected chi connectivity index (χ4v) is 3.34. The zero-order valence-electron chi connectivity index (χ0n) is 15.7. The summed E-state index contributed by atoms with van der Waals surface area (Å²) in [5, 5.41) is 1.04. The molecule has 1 saturated heterocycles. The monoisotopic (exact) mass is 354 g/mol. The minimum atomic E-state index is -0.380. The Morgan fingerprint density at radius 3 is 2.54 bits per heavy atom. The predicted molar refractivity (Wildman–Crippen MR) is 100 cm³/mol. The van der Waals surface area contributed by atoms with E-state index in [2.05, 4.69) is 4.98 Å². The largest absolute Gasteiger partial charge is 0.461 e. The standard InChI is InChI=1S/C21H26N2O3/c1-21(2,3)20(25)23-12-9-16(10-13-23)19(24)26-14-17-7-4-6-15-8-5-11-22-18(15)17/h4-8,11,16H,9-10,12-14H2,1-3H3. The summed E-state index contributed by atoms with van der Waals surface area (Å²) in [6.07, 6.45) is 3.07. The number of hydrogen-bond acceptors (Lipinski definition) is 4. The third-order valence-corrected chi connectivity index (χ3v) is 4.84. The first-order valence-corrected chi connectivity index (χ1v) is 9.15. The Kier molecular flexibility index (Phi) is 5.25. The van der Waals surface area contributed by atoms with E-state index in [0.717, 1.165) is 16.5 Å². The van der Waals surface area contributed by atoms with Gasteiger partial charge in [-0.05, 0) is 18.9 Å². The maximum absolute atomic E-state index is 12.4. The number of fused-ring (bicyclic) bond motifs is 1. The smallest absolute Gasteiger partial charge is 0.309 e. The van der Waals surface area contributed by atoms with Gasteiger partial charge in [0.2, 0.25) is 5.91 Å².